The molecule has 0 aliphatic heterocycles. The molecule has 1 heterocycles. The van der Waals surface area contributed by atoms with Gasteiger partial charge in [0.25, 0.3) is 0 Å². The SMILES string of the molecule is Cc1ccccc1-c1cc(=O)oc2cc(N(C)[C@H](C)C(=O)NCC(N)=O)ccc12. The first-order valence-corrected chi connectivity index (χ1v) is 9.20. The van der Waals surface area contributed by atoms with Crippen LogP contribution in [0.5, 0.6) is 0 Å². The van der Waals surface area contributed by atoms with E-state index in [4.69, 9.17) is 10.2 Å². The molecule has 0 radical (unpaired) electrons. The van der Waals surface area contributed by atoms with E-state index < -0.39 is 17.6 Å². The Balaban J connectivity index is 1.99. The lowest BCUT2D eigenvalue weighted by atomic mass is 9.98. The number of hydrogen-bond donors (Lipinski definition) is 2. The summed E-state index contributed by atoms with van der Waals surface area (Å²) < 4.78 is 5.43. The lowest BCUT2D eigenvalue weighted by Gasteiger charge is -2.26. The molecule has 0 aliphatic rings. The predicted molar refractivity (Wildman–Crippen MR) is 113 cm³/mol. The van der Waals surface area contributed by atoms with Gasteiger partial charge in [-0.15, -0.1) is 0 Å². The summed E-state index contributed by atoms with van der Waals surface area (Å²) >= 11 is 0. The molecule has 3 rings (SSSR count). The molecule has 2 amide bonds. The van der Waals surface area contributed by atoms with Gasteiger partial charge < -0.3 is 20.4 Å². The van der Waals surface area contributed by atoms with Crippen molar-refractivity contribution in [2.45, 2.75) is 19.9 Å². The monoisotopic (exact) mass is 393 g/mol. The third kappa shape index (κ3) is 4.29. The van der Waals surface area contributed by atoms with Crippen molar-refractivity contribution < 1.29 is 14.0 Å². The van der Waals surface area contributed by atoms with Crippen molar-refractivity contribution in [2.24, 2.45) is 5.73 Å². The zero-order valence-electron chi connectivity index (χ0n) is 16.6. The normalized spacial score (nSPS) is 11.8. The van der Waals surface area contributed by atoms with Crippen LogP contribution in [-0.2, 0) is 9.59 Å². The fourth-order valence-corrected chi connectivity index (χ4v) is 3.19. The Morgan fingerprint density at radius 2 is 1.86 bits per heavy atom. The second-order valence-electron chi connectivity index (χ2n) is 6.95. The van der Waals surface area contributed by atoms with Crippen LogP contribution in [0.3, 0.4) is 0 Å². The molecule has 29 heavy (non-hydrogen) atoms. The number of nitrogens with two attached hydrogens (primary N) is 1. The van der Waals surface area contributed by atoms with Gasteiger partial charge in [0, 0.05) is 35.8 Å². The number of carbonyl (C=O) groups excluding carboxylic acids is 2. The average Bonchev–Trinajstić information content (AvgIpc) is 2.70. The molecule has 0 bridgehead atoms. The summed E-state index contributed by atoms with van der Waals surface area (Å²) in [6, 6.07) is 14.2. The summed E-state index contributed by atoms with van der Waals surface area (Å²) in [5.74, 6) is -0.939. The molecule has 0 saturated carbocycles. The molecule has 3 N–H and O–H groups in total. The van der Waals surface area contributed by atoms with Crippen molar-refractivity contribution >= 4 is 28.5 Å². The molecule has 7 heteroatoms. The van der Waals surface area contributed by atoms with E-state index >= 15 is 0 Å². The van der Waals surface area contributed by atoms with Crippen LogP contribution in [0.15, 0.2) is 57.7 Å². The highest BCUT2D eigenvalue weighted by molar-refractivity contribution is 5.96. The summed E-state index contributed by atoms with van der Waals surface area (Å²) in [5, 5.41) is 3.29. The Morgan fingerprint density at radius 3 is 2.55 bits per heavy atom. The molecule has 0 saturated heterocycles. The lowest BCUT2D eigenvalue weighted by molar-refractivity contribution is -0.125. The number of nitrogens with zero attached hydrogens (tertiary/aromatic N) is 1. The maximum absolute atomic E-state index is 12.2. The van der Waals surface area contributed by atoms with Gasteiger partial charge in [0.05, 0.1) is 6.54 Å². The van der Waals surface area contributed by atoms with Crippen LogP contribution in [0.25, 0.3) is 22.1 Å². The van der Waals surface area contributed by atoms with Crippen LogP contribution >= 0.6 is 0 Å². The highest BCUT2D eigenvalue weighted by atomic mass is 16.4. The highest BCUT2D eigenvalue weighted by Gasteiger charge is 2.20. The second-order valence-corrected chi connectivity index (χ2v) is 6.95. The molecule has 0 unspecified atom stereocenters. The van der Waals surface area contributed by atoms with Crippen molar-refractivity contribution in [3.05, 3.63) is 64.5 Å². The molecule has 150 valence electrons. The molecule has 1 aromatic heterocycles. The smallest absolute Gasteiger partial charge is 0.336 e. The fraction of sp³-hybridized carbons (Fsp3) is 0.227. The highest BCUT2D eigenvalue weighted by Crippen LogP contribution is 2.31. The van der Waals surface area contributed by atoms with E-state index in [1.54, 1.807) is 24.9 Å². The number of fused-ring (bicyclic) bond motifs is 1. The van der Waals surface area contributed by atoms with Crippen LogP contribution in [0.1, 0.15) is 12.5 Å². The number of benzene rings is 2. The van der Waals surface area contributed by atoms with E-state index in [0.29, 0.717) is 11.3 Å². The molecule has 1 atom stereocenters. The Morgan fingerprint density at radius 1 is 1.14 bits per heavy atom. The standard InChI is InChI=1S/C22H23N3O4/c1-13-6-4-5-7-16(13)18-11-21(27)29-19-10-15(8-9-17(18)19)25(3)14(2)22(28)24-12-20(23)26/h4-11,14H,12H2,1-3H3,(H2,23,26)(H,24,28)/t14-/m1/s1. The summed E-state index contributed by atoms with van der Waals surface area (Å²) in [6.45, 7) is 3.48. The predicted octanol–water partition coefficient (Wildman–Crippen LogP) is 2.19. The minimum Gasteiger partial charge on any atom is -0.423 e. The summed E-state index contributed by atoms with van der Waals surface area (Å²) in [4.78, 5) is 37.0. The first-order chi connectivity index (χ1) is 13.8. The largest absolute Gasteiger partial charge is 0.423 e. The topological polar surface area (TPSA) is 106 Å². The summed E-state index contributed by atoms with van der Waals surface area (Å²) in [5.41, 5.74) is 8.58. The summed E-state index contributed by atoms with van der Waals surface area (Å²) in [7, 11) is 1.75. The van der Waals surface area contributed by atoms with E-state index in [9.17, 15) is 14.4 Å². The molecule has 0 fully saturated rings. The van der Waals surface area contributed by atoms with Crippen molar-refractivity contribution in [3.8, 4) is 11.1 Å². The van der Waals surface area contributed by atoms with Gasteiger partial charge in [-0.1, -0.05) is 24.3 Å². The van der Waals surface area contributed by atoms with Gasteiger partial charge >= 0.3 is 5.63 Å². The third-order valence-electron chi connectivity index (χ3n) is 4.97. The van der Waals surface area contributed by atoms with Gasteiger partial charge in [-0.3, -0.25) is 9.59 Å². The summed E-state index contributed by atoms with van der Waals surface area (Å²) in [6.07, 6.45) is 0. The van der Waals surface area contributed by atoms with Gasteiger partial charge in [-0.25, -0.2) is 4.79 Å². The molecule has 7 nitrogen and oxygen atoms in total. The number of carbonyl (C=O) groups is 2. The van der Waals surface area contributed by atoms with E-state index in [-0.39, 0.29) is 12.5 Å². The minimum absolute atomic E-state index is 0.219. The second kappa shape index (κ2) is 8.18. The Labute approximate surface area is 168 Å². The minimum atomic E-state index is -0.607. The van der Waals surface area contributed by atoms with E-state index in [0.717, 1.165) is 22.1 Å². The van der Waals surface area contributed by atoms with Gasteiger partial charge in [-0.05, 0) is 37.1 Å². The number of amides is 2. The van der Waals surface area contributed by atoms with Crippen LogP contribution in [0, 0.1) is 6.92 Å². The van der Waals surface area contributed by atoms with E-state index in [1.165, 1.54) is 6.07 Å². The van der Waals surface area contributed by atoms with Crippen molar-refractivity contribution in [3.63, 3.8) is 0 Å². The Bertz CT molecular complexity index is 1140. The lowest BCUT2D eigenvalue weighted by Crippen LogP contribution is -2.45. The fourth-order valence-electron chi connectivity index (χ4n) is 3.19. The van der Waals surface area contributed by atoms with Crippen molar-refractivity contribution in [1.29, 1.82) is 0 Å². The van der Waals surface area contributed by atoms with Crippen LogP contribution in [0.4, 0.5) is 5.69 Å². The Kier molecular flexibility index (Phi) is 5.68. The van der Waals surface area contributed by atoms with Crippen molar-refractivity contribution in [2.75, 3.05) is 18.5 Å². The number of likely N-dealkylation sites (N-methyl/N-ethyl adjacent to an activating group) is 1. The number of hydrogen-bond acceptors (Lipinski definition) is 5. The third-order valence-corrected chi connectivity index (χ3v) is 4.97. The van der Waals surface area contributed by atoms with Gasteiger partial charge in [0.15, 0.2) is 0 Å². The van der Waals surface area contributed by atoms with Gasteiger partial charge in [0.2, 0.25) is 11.8 Å². The van der Waals surface area contributed by atoms with Crippen LogP contribution < -0.4 is 21.6 Å². The first kappa shape index (κ1) is 20.1. The Hall–Kier alpha value is -3.61. The van der Waals surface area contributed by atoms with Gasteiger partial charge in [0.1, 0.15) is 11.6 Å². The quantitative estimate of drug-likeness (QED) is 0.625. The van der Waals surface area contributed by atoms with E-state index in [2.05, 4.69) is 5.32 Å². The number of nitrogens with one attached hydrogen (secondary N) is 1. The van der Waals surface area contributed by atoms with Gasteiger partial charge in [-0.2, -0.15) is 0 Å². The maximum Gasteiger partial charge on any atom is 0.336 e. The molecular formula is C22H23N3O4. The number of aryl methyl sites for hydroxylation is 1. The number of rotatable bonds is 6. The average molecular weight is 393 g/mol. The number of anilines is 1. The molecule has 2 aromatic carbocycles. The molecule has 0 spiro atoms. The molecule has 3 aromatic rings. The van der Waals surface area contributed by atoms with Crippen LogP contribution in [-0.4, -0.2) is 31.4 Å². The zero-order chi connectivity index (χ0) is 21.1. The molecule has 0 aliphatic carbocycles. The molecular weight excluding hydrogens is 370 g/mol. The van der Waals surface area contributed by atoms with Crippen LogP contribution in [0.2, 0.25) is 0 Å². The first-order valence-electron chi connectivity index (χ1n) is 9.20. The zero-order valence-corrected chi connectivity index (χ0v) is 16.6. The number of primary amides is 1. The maximum atomic E-state index is 12.2. The van der Waals surface area contributed by atoms with E-state index in [1.807, 2.05) is 43.3 Å². The van der Waals surface area contributed by atoms with Crippen molar-refractivity contribution in [1.82, 2.24) is 5.32 Å².